The zero-order valence-corrected chi connectivity index (χ0v) is 14.8. The largest absolute Gasteiger partial charge is 0.505 e. The highest BCUT2D eigenvalue weighted by Crippen LogP contribution is 2.29. The number of aliphatic hydroxyl groups is 1. The van der Waals surface area contributed by atoms with Crippen molar-refractivity contribution < 1.29 is 13.5 Å². The van der Waals surface area contributed by atoms with Crippen molar-refractivity contribution in [3.8, 4) is 0 Å². The Balaban J connectivity index is 2.54. The molecular weight excluding hydrogens is 338 g/mol. The quantitative estimate of drug-likeness (QED) is 0.603. The van der Waals surface area contributed by atoms with E-state index in [2.05, 4.69) is 9.70 Å². The lowest BCUT2D eigenvalue weighted by atomic mass is 10.0. The van der Waals surface area contributed by atoms with E-state index in [1.165, 1.54) is 12.1 Å². The number of nitrogens with one attached hydrogen (secondary N) is 1. The van der Waals surface area contributed by atoms with Gasteiger partial charge in [0.25, 0.3) is 0 Å². The Morgan fingerprint density at radius 3 is 2.04 bits per heavy atom. The third kappa shape index (κ3) is 4.44. The second-order valence-electron chi connectivity index (χ2n) is 5.80. The fraction of sp³-hybridized carbons (Fsp3) is 0.222. The van der Waals surface area contributed by atoms with Gasteiger partial charge in [-0.05, 0) is 17.7 Å². The standard InChI is InChI=1S/C18H19N3O3S/c1-13(2)18(22)17(20-19)16(14-9-5-3-6-10-14)21-25(23,24)15-11-7-4-8-12-15/h3-13,16,21H,1-2H3/p+1/b18-17+. The van der Waals surface area contributed by atoms with Gasteiger partial charge in [0.2, 0.25) is 15.4 Å². The summed E-state index contributed by atoms with van der Waals surface area (Å²) in [5.74, 6) is -0.523. The molecule has 130 valence electrons. The molecule has 0 aliphatic carbocycles. The monoisotopic (exact) mass is 358 g/mol. The Bertz CT molecular complexity index is 886. The van der Waals surface area contributed by atoms with E-state index in [4.69, 9.17) is 0 Å². The Morgan fingerprint density at radius 1 is 1.04 bits per heavy atom. The van der Waals surface area contributed by atoms with Crippen LogP contribution >= 0.6 is 0 Å². The maximum atomic E-state index is 12.7. The summed E-state index contributed by atoms with van der Waals surface area (Å²) in [5, 5.41) is 19.7. The highest BCUT2D eigenvalue weighted by molar-refractivity contribution is 7.89. The van der Waals surface area contributed by atoms with Crippen molar-refractivity contribution in [2.75, 3.05) is 0 Å². The summed E-state index contributed by atoms with van der Waals surface area (Å²) in [6.07, 6.45) is 0. The van der Waals surface area contributed by atoms with Gasteiger partial charge in [-0.3, -0.25) is 0 Å². The average Bonchev–Trinajstić information content (AvgIpc) is 2.62. The molecule has 2 rings (SSSR count). The van der Waals surface area contributed by atoms with Crippen LogP contribution in [0.4, 0.5) is 0 Å². The van der Waals surface area contributed by atoms with Crippen LogP contribution < -0.4 is 4.72 Å². The molecule has 25 heavy (non-hydrogen) atoms. The van der Waals surface area contributed by atoms with Gasteiger partial charge in [-0.1, -0.05) is 62.4 Å². The van der Waals surface area contributed by atoms with Crippen LogP contribution in [0.3, 0.4) is 0 Å². The fourth-order valence-electron chi connectivity index (χ4n) is 2.30. The third-order valence-electron chi connectivity index (χ3n) is 3.65. The summed E-state index contributed by atoms with van der Waals surface area (Å²) in [6, 6.07) is 15.5. The molecule has 0 bridgehead atoms. The molecule has 2 N–H and O–H groups in total. The molecule has 0 aromatic heterocycles. The summed E-state index contributed by atoms with van der Waals surface area (Å²) < 4.78 is 27.9. The topological polar surface area (TPSA) is 94.5 Å². The van der Waals surface area contributed by atoms with E-state index in [0.717, 1.165) is 0 Å². The number of sulfonamides is 1. The summed E-state index contributed by atoms with van der Waals surface area (Å²) >= 11 is 0. The normalized spacial score (nSPS) is 13.8. The summed E-state index contributed by atoms with van der Waals surface area (Å²) in [4.78, 5) is 3.25. The van der Waals surface area contributed by atoms with E-state index >= 15 is 0 Å². The van der Waals surface area contributed by atoms with E-state index in [-0.39, 0.29) is 22.3 Å². The summed E-state index contributed by atoms with van der Waals surface area (Å²) in [7, 11) is -3.89. The molecule has 0 radical (unpaired) electrons. The van der Waals surface area contributed by atoms with Gasteiger partial charge in [-0.25, -0.2) is 8.42 Å². The van der Waals surface area contributed by atoms with E-state index < -0.39 is 16.1 Å². The number of diazo groups is 1. The molecule has 0 saturated carbocycles. The van der Waals surface area contributed by atoms with Crippen molar-refractivity contribution in [1.29, 1.82) is 5.39 Å². The van der Waals surface area contributed by atoms with Crippen LogP contribution in [0.15, 0.2) is 77.0 Å². The van der Waals surface area contributed by atoms with E-state index in [1.807, 2.05) is 0 Å². The van der Waals surface area contributed by atoms with Crippen LogP contribution in [0.25, 0.3) is 4.98 Å². The Morgan fingerprint density at radius 2 is 1.56 bits per heavy atom. The number of benzene rings is 2. The van der Waals surface area contributed by atoms with Crippen molar-refractivity contribution >= 4 is 10.0 Å². The Hall–Kier alpha value is -2.69. The first kappa shape index (κ1) is 18.6. The van der Waals surface area contributed by atoms with Gasteiger partial charge in [-0.15, -0.1) is 0 Å². The number of aliphatic hydroxyl groups excluding tert-OH is 1. The molecule has 0 amide bonds. The predicted octanol–water partition coefficient (Wildman–Crippen LogP) is 3.98. The van der Waals surface area contributed by atoms with Crippen LogP contribution in [0.5, 0.6) is 0 Å². The first-order chi connectivity index (χ1) is 11.9. The van der Waals surface area contributed by atoms with Gasteiger partial charge in [-0.2, -0.15) is 4.72 Å². The maximum Gasteiger partial charge on any atom is 0.420 e. The minimum Gasteiger partial charge on any atom is -0.505 e. The van der Waals surface area contributed by atoms with Gasteiger partial charge in [0, 0.05) is 5.92 Å². The third-order valence-corrected chi connectivity index (χ3v) is 5.09. The van der Waals surface area contributed by atoms with Crippen LogP contribution in [0.1, 0.15) is 25.5 Å². The lowest BCUT2D eigenvalue weighted by Gasteiger charge is -2.15. The summed E-state index contributed by atoms with van der Waals surface area (Å²) in [5.41, 5.74) is 0.405. The van der Waals surface area contributed by atoms with E-state index in [1.54, 1.807) is 62.4 Å². The molecule has 0 aliphatic heterocycles. The van der Waals surface area contributed by atoms with Gasteiger partial charge in [0.15, 0.2) is 16.8 Å². The number of hydrogen-bond donors (Lipinski definition) is 2. The SMILES string of the molecule is CC(C)/C(O)=C(\[N+]#N)C(NS(=O)(=O)c1ccccc1)c1ccccc1. The molecule has 0 fully saturated rings. The number of rotatable bonds is 6. The molecule has 1 atom stereocenters. The lowest BCUT2D eigenvalue weighted by Crippen LogP contribution is -2.30. The van der Waals surface area contributed by atoms with Crippen molar-refractivity contribution in [2.45, 2.75) is 24.8 Å². The first-order valence-corrected chi connectivity index (χ1v) is 9.25. The molecule has 0 saturated heterocycles. The molecule has 0 heterocycles. The second kappa shape index (κ2) is 7.92. The smallest absolute Gasteiger partial charge is 0.420 e. The van der Waals surface area contributed by atoms with E-state index in [9.17, 15) is 18.9 Å². The first-order valence-electron chi connectivity index (χ1n) is 7.77. The van der Waals surface area contributed by atoms with Crippen LogP contribution in [-0.2, 0) is 10.0 Å². The number of hydrogen-bond acceptors (Lipinski definition) is 4. The van der Waals surface area contributed by atoms with Crippen LogP contribution in [-0.4, -0.2) is 13.5 Å². The van der Waals surface area contributed by atoms with Crippen molar-refractivity contribution in [1.82, 2.24) is 4.72 Å². The molecule has 2 aromatic carbocycles. The average molecular weight is 358 g/mol. The molecule has 7 heteroatoms. The Labute approximate surface area is 147 Å². The molecule has 1 unspecified atom stereocenters. The zero-order chi connectivity index (χ0) is 18.4. The van der Waals surface area contributed by atoms with Gasteiger partial charge >= 0.3 is 5.70 Å². The minimum absolute atomic E-state index is 0.0808. The molecule has 2 aromatic rings. The van der Waals surface area contributed by atoms with Gasteiger partial charge < -0.3 is 5.11 Å². The minimum atomic E-state index is -3.89. The zero-order valence-electron chi connectivity index (χ0n) is 14.0. The second-order valence-corrected chi connectivity index (χ2v) is 7.52. The Kier molecular flexibility index (Phi) is 5.91. The molecule has 6 nitrogen and oxygen atoms in total. The van der Waals surface area contributed by atoms with Crippen LogP contribution in [0, 0.1) is 11.3 Å². The summed E-state index contributed by atoms with van der Waals surface area (Å²) in [6.45, 7) is 3.43. The van der Waals surface area contributed by atoms with Crippen molar-refractivity contribution in [3.63, 3.8) is 0 Å². The molecule has 0 spiro atoms. The van der Waals surface area contributed by atoms with E-state index in [0.29, 0.717) is 5.56 Å². The maximum absolute atomic E-state index is 12.7. The van der Waals surface area contributed by atoms with Gasteiger partial charge in [0.1, 0.15) is 0 Å². The number of allylic oxidation sites excluding steroid dienone is 1. The molecule has 0 aliphatic rings. The highest BCUT2D eigenvalue weighted by atomic mass is 32.2. The van der Waals surface area contributed by atoms with Gasteiger partial charge in [0.05, 0.1) is 4.90 Å². The fourth-order valence-corrected chi connectivity index (χ4v) is 3.51. The molecular formula is C18H20N3O3S+. The predicted molar refractivity (Wildman–Crippen MR) is 95.5 cm³/mol. The van der Waals surface area contributed by atoms with Crippen LogP contribution in [0.2, 0.25) is 0 Å². The number of nitrogens with zero attached hydrogens (tertiary/aromatic N) is 2. The van der Waals surface area contributed by atoms with Crippen molar-refractivity contribution in [2.24, 2.45) is 5.92 Å². The highest BCUT2D eigenvalue weighted by Gasteiger charge is 2.36. The lowest BCUT2D eigenvalue weighted by molar-refractivity contribution is 0.341. The van der Waals surface area contributed by atoms with Crippen molar-refractivity contribution in [3.05, 3.63) is 82.7 Å².